The second-order valence-electron chi connectivity index (χ2n) is 9.57. The summed E-state index contributed by atoms with van der Waals surface area (Å²) in [6.45, 7) is 6.92. The van der Waals surface area contributed by atoms with E-state index in [1.54, 1.807) is 70.2 Å². The Hall–Kier alpha value is -4.52. The number of phenols is 1. The third-order valence-corrected chi connectivity index (χ3v) is 5.30. The van der Waals surface area contributed by atoms with Gasteiger partial charge in [-0.1, -0.05) is 48.9 Å². The molecule has 3 N–H and O–H groups in total. The highest BCUT2D eigenvalue weighted by molar-refractivity contribution is 5.93. The molecule has 0 saturated carbocycles. The molecule has 208 valence electrons. The Balaban J connectivity index is 2.38. The molecule has 2 aromatic rings. The van der Waals surface area contributed by atoms with E-state index in [2.05, 4.69) is 16.7 Å². The number of aromatic hydroxyl groups is 1. The van der Waals surface area contributed by atoms with Crippen LogP contribution in [-0.2, 0) is 30.3 Å². The number of amides is 3. The van der Waals surface area contributed by atoms with Gasteiger partial charge in [0.05, 0.1) is 13.0 Å². The number of phenolic OH excluding ortho intramolecular Hbond substituents is 1. The van der Waals surface area contributed by atoms with Crippen LogP contribution in [0.2, 0.25) is 0 Å². The van der Waals surface area contributed by atoms with Crippen LogP contribution in [0.3, 0.4) is 0 Å². The minimum atomic E-state index is -1.26. The van der Waals surface area contributed by atoms with E-state index in [9.17, 15) is 24.3 Å². The lowest BCUT2D eigenvalue weighted by Crippen LogP contribution is -2.52. The molecule has 2 aromatic carbocycles. The number of hydrogen-bond acceptors (Lipinski definition) is 7. The summed E-state index contributed by atoms with van der Waals surface area (Å²) in [5.41, 5.74) is 0.223. The van der Waals surface area contributed by atoms with Crippen molar-refractivity contribution in [2.24, 2.45) is 0 Å². The molecule has 10 nitrogen and oxygen atoms in total. The third-order valence-electron chi connectivity index (χ3n) is 5.30. The van der Waals surface area contributed by atoms with Gasteiger partial charge in [-0.25, -0.2) is 4.79 Å². The Bertz CT molecular complexity index is 1170. The molecule has 0 radical (unpaired) electrons. The lowest BCUT2D eigenvalue weighted by atomic mass is 10.0. The number of carbonyl (C=O) groups is 4. The number of ether oxygens (including phenoxy) is 2. The fourth-order valence-electron chi connectivity index (χ4n) is 3.62. The highest BCUT2D eigenvalue weighted by Gasteiger charge is 2.36. The number of nitrogens with zero attached hydrogens (tertiary/aromatic N) is 1. The Labute approximate surface area is 228 Å². The van der Waals surface area contributed by atoms with Crippen molar-refractivity contribution in [3.05, 3.63) is 65.7 Å². The maximum atomic E-state index is 13.8. The molecule has 39 heavy (non-hydrogen) atoms. The van der Waals surface area contributed by atoms with Crippen molar-refractivity contribution in [3.63, 3.8) is 0 Å². The molecule has 0 bridgehead atoms. The zero-order valence-electron chi connectivity index (χ0n) is 22.6. The van der Waals surface area contributed by atoms with Crippen molar-refractivity contribution in [2.45, 2.75) is 58.2 Å². The second-order valence-corrected chi connectivity index (χ2v) is 9.57. The number of nitrogens with one attached hydrogen (secondary N) is 2. The summed E-state index contributed by atoms with van der Waals surface area (Å²) < 4.78 is 10.2. The molecule has 0 aliphatic carbocycles. The highest BCUT2D eigenvalue weighted by Crippen LogP contribution is 2.23. The number of terminal acetylenes is 1. The van der Waals surface area contributed by atoms with Crippen LogP contribution in [0.15, 0.2) is 54.6 Å². The SMILES string of the molecule is C#CN(C(=O)C(Cc1ccc(O)cc1)NC(=O)OC(C)(C)C)C(C(=O)NCCC(=O)OCC)c1ccccc1. The van der Waals surface area contributed by atoms with E-state index >= 15 is 0 Å². The Morgan fingerprint density at radius 1 is 1.05 bits per heavy atom. The second kappa shape index (κ2) is 14.4. The number of benzene rings is 2. The summed E-state index contributed by atoms with van der Waals surface area (Å²) >= 11 is 0. The van der Waals surface area contributed by atoms with Crippen LogP contribution in [0.1, 0.15) is 51.3 Å². The summed E-state index contributed by atoms with van der Waals surface area (Å²) in [5.74, 6) is -1.78. The topological polar surface area (TPSA) is 134 Å². The lowest BCUT2D eigenvalue weighted by molar-refractivity contribution is -0.143. The normalized spacial score (nSPS) is 12.3. The molecule has 0 aromatic heterocycles. The first-order valence-corrected chi connectivity index (χ1v) is 12.5. The van der Waals surface area contributed by atoms with E-state index in [-0.39, 0.29) is 31.7 Å². The lowest BCUT2D eigenvalue weighted by Gasteiger charge is -2.30. The Kier molecular flexibility index (Phi) is 11.4. The van der Waals surface area contributed by atoms with Crippen molar-refractivity contribution in [3.8, 4) is 18.2 Å². The van der Waals surface area contributed by atoms with Gasteiger partial charge in [0, 0.05) is 19.0 Å². The smallest absolute Gasteiger partial charge is 0.408 e. The zero-order chi connectivity index (χ0) is 29.0. The standard InChI is InChI=1S/C29H35N3O7/c1-6-32(25(21-11-9-8-10-12-21)26(35)30-18-17-24(34)38-7-2)27(36)23(31-28(37)39-29(3,4)5)19-20-13-15-22(33)16-14-20/h1,8-16,23,25,33H,7,17-19H2,2-5H3,(H,30,35)(H,31,37). The predicted molar refractivity (Wildman–Crippen MR) is 144 cm³/mol. The highest BCUT2D eigenvalue weighted by atomic mass is 16.6. The van der Waals surface area contributed by atoms with Crippen LogP contribution in [0, 0.1) is 12.5 Å². The molecule has 2 atom stereocenters. The molecule has 0 aliphatic rings. The van der Waals surface area contributed by atoms with Crippen molar-refractivity contribution in [1.29, 1.82) is 0 Å². The molecule has 0 spiro atoms. The van der Waals surface area contributed by atoms with Gasteiger partial charge in [-0.15, -0.1) is 0 Å². The molecular weight excluding hydrogens is 502 g/mol. The van der Waals surface area contributed by atoms with Gasteiger partial charge in [0.1, 0.15) is 23.4 Å². The van der Waals surface area contributed by atoms with Crippen LogP contribution < -0.4 is 10.6 Å². The summed E-state index contributed by atoms with van der Waals surface area (Å²) in [4.78, 5) is 52.4. The van der Waals surface area contributed by atoms with Gasteiger partial charge < -0.3 is 25.2 Å². The maximum Gasteiger partial charge on any atom is 0.408 e. The molecule has 0 saturated heterocycles. The van der Waals surface area contributed by atoms with Crippen molar-refractivity contribution >= 4 is 23.9 Å². The first kappa shape index (κ1) is 30.7. The first-order chi connectivity index (χ1) is 18.4. The zero-order valence-corrected chi connectivity index (χ0v) is 22.6. The molecule has 0 aliphatic heterocycles. The van der Waals surface area contributed by atoms with E-state index in [1.807, 2.05) is 0 Å². The summed E-state index contributed by atoms with van der Waals surface area (Å²) in [6, 6.07) is 14.4. The maximum absolute atomic E-state index is 13.8. The average molecular weight is 538 g/mol. The third kappa shape index (κ3) is 10.0. The number of esters is 1. The van der Waals surface area contributed by atoms with Crippen LogP contribution in [0.5, 0.6) is 5.75 Å². The molecule has 0 fully saturated rings. The molecule has 3 amide bonds. The summed E-state index contributed by atoms with van der Waals surface area (Å²) in [6.07, 6.45) is 4.87. The first-order valence-electron chi connectivity index (χ1n) is 12.5. The van der Waals surface area contributed by atoms with Crippen LogP contribution in [0.25, 0.3) is 0 Å². The van der Waals surface area contributed by atoms with Gasteiger partial charge in [-0.2, -0.15) is 0 Å². The van der Waals surface area contributed by atoms with Gasteiger partial charge >= 0.3 is 12.1 Å². The number of carbonyl (C=O) groups excluding carboxylic acids is 4. The summed E-state index contributed by atoms with van der Waals surface area (Å²) in [7, 11) is 0. The monoisotopic (exact) mass is 537 g/mol. The van der Waals surface area contributed by atoms with E-state index in [0.717, 1.165) is 4.90 Å². The Morgan fingerprint density at radius 2 is 1.69 bits per heavy atom. The van der Waals surface area contributed by atoms with Crippen LogP contribution in [-0.4, -0.2) is 58.7 Å². The fourth-order valence-corrected chi connectivity index (χ4v) is 3.62. The van der Waals surface area contributed by atoms with Crippen molar-refractivity contribution in [1.82, 2.24) is 15.5 Å². The minimum Gasteiger partial charge on any atom is -0.508 e. The fraction of sp³-hybridized carbons (Fsp3) is 0.379. The van der Waals surface area contributed by atoms with Gasteiger partial charge in [-0.3, -0.25) is 19.3 Å². The van der Waals surface area contributed by atoms with E-state index < -0.39 is 41.6 Å². The van der Waals surface area contributed by atoms with E-state index in [0.29, 0.717) is 11.1 Å². The van der Waals surface area contributed by atoms with Crippen LogP contribution in [0.4, 0.5) is 4.79 Å². The average Bonchev–Trinajstić information content (AvgIpc) is 2.87. The molecule has 10 heteroatoms. The van der Waals surface area contributed by atoms with Gasteiger partial charge in [0.25, 0.3) is 5.91 Å². The Morgan fingerprint density at radius 3 is 2.26 bits per heavy atom. The van der Waals surface area contributed by atoms with Crippen LogP contribution >= 0.6 is 0 Å². The molecular formula is C29H35N3O7. The van der Waals surface area contributed by atoms with E-state index in [4.69, 9.17) is 15.9 Å². The van der Waals surface area contributed by atoms with E-state index in [1.165, 1.54) is 12.1 Å². The molecule has 0 heterocycles. The van der Waals surface area contributed by atoms with Gasteiger partial charge in [0.2, 0.25) is 5.91 Å². The summed E-state index contributed by atoms with van der Waals surface area (Å²) in [5, 5.41) is 14.8. The molecule has 2 rings (SSSR count). The number of alkyl carbamates (subject to hydrolysis) is 1. The van der Waals surface area contributed by atoms with Gasteiger partial charge in [-0.05, 0) is 51.0 Å². The van der Waals surface area contributed by atoms with Gasteiger partial charge in [0.15, 0.2) is 0 Å². The minimum absolute atomic E-state index is 0.00250. The largest absolute Gasteiger partial charge is 0.508 e. The molecule has 2 unspecified atom stereocenters. The van der Waals surface area contributed by atoms with Crippen molar-refractivity contribution in [2.75, 3.05) is 13.2 Å². The number of hydrogen-bond donors (Lipinski definition) is 3. The number of rotatable bonds is 11. The predicted octanol–water partition coefficient (Wildman–Crippen LogP) is 3.06. The quantitative estimate of drug-likeness (QED) is 0.228. The van der Waals surface area contributed by atoms with Crippen molar-refractivity contribution < 1.29 is 33.8 Å².